The summed E-state index contributed by atoms with van der Waals surface area (Å²) in [7, 11) is 0. The molecule has 3 rings (SSSR count). The van der Waals surface area contributed by atoms with Gasteiger partial charge in [0.2, 0.25) is 0 Å². The van der Waals surface area contributed by atoms with E-state index in [0.717, 1.165) is 25.7 Å². The Morgan fingerprint density at radius 3 is 3.27 bits per heavy atom. The van der Waals surface area contributed by atoms with E-state index in [-0.39, 0.29) is 11.9 Å². The van der Waals surface area contributed by atoms with Gasteiger partial charge in [-0.1, -0.05) is 12.2 Å². The van der Waals surface area contributed by atoms with Gasteiger partial charge < -0.3 is 4.74 Å². The summed E-state index contributed by atoms with van der Waals surface area (Å²) in [6.45, 7) is 3.77. The fourth-order valence-corrected chi connectivity index (χ4v) is 3.53. The molecule has 2 heterocycles. The summed E-state index contributed by atoms with van der Waals surface area (Å²) in [5, 5.41) is 0. The lowest BCUT2D eigenvalue weighted by atomic mass is 9.87. The van der Waals surface area contributed by atoms with E-state index in [1.54, 1.807) is 6.08 Å². The lowest BCUT2D eigenvalue weighted by Crippen LogP contribution is -2.41. The average Bonchev–Trinajstić information content (AvgIpc) is 2.64. The van der Waals surface area contributed by atoms with Crippen molar-refractivity contribution in [3.05, 3.63) is 24.8 Å². The number of carbonyl (C=O) groups is 1. The van der Waals surface area contributed by atoms with Crippen LogP contribution in [0.25, 0.3) is 0 Å². The predicted molar refractivity (Wildman–Crippen MR) is 57.4 cm³/mol. The summed E-state index contributed by atoms with van der Waals surface area (Å²) in [6, 6.07) is 0. The van der Waals surface area contributed by atoms with Gasteiger partial charge in [0.1, 0.15) is 5.60 Å². The van der Waals surface area contributed by atoms with Gasteiger partial charge in [0, 0.05) is 0 Å². The van der Waals surface area contributed by atoms with Crippen LogP contribution in [0, 0.1) is 11.8 Å². The first-order valence-corrected chi connectivity index (χ1v) is 5.76. The first kappa shape index (κ1) is 9.34. The Labute approximate surface area is 90.0 Å². The minimum atomic E-state index is -0.437. The van der Waals surface area contributed by atoms with E-state index in [1.165, 1.54) is 0 Å². The Morgan fingerprint density at radius 2 is 2.47 bits per heavy atom. The first-order valence-electron chi connectivity index (χ1n) is 5.76. The van der Waals surface area contributed by atoms with E-state index in [2.05, 4.69) is 6.58 Å². The summed E-state index contributed by atoms with van der Waals surface area (Å²) in [4.78, 5) is 12.0. The standard InChI is InChI=1S/C13H16O2/c1-2-3-9-6-10-7-11-4-5-12(14)13(10,8-9)15-11/h2,4-5,9-11H,1,3,6-8H2. The van der Waals surface area contributed by atoms with E-state index in [1.807, 2.05) is 12.2 Å². The van der Waals surface area contributed by atoms with Crippen LogP contribution in [0.4, 0.5) is 0 Å². The van der Waals surface area contributed by atoms with Crippen molar-refractivity contribution in [2.24, 2.45) is 11.8 Å². The average molecular weight is 204 g/mol. The zero-order chi connectivity index (χ0) is 10.5. The summed E-state index contributed by atoms with van der Waals surface area (Å²) in [6.07, 6.45) is 9.93. The maximum absolute atomic E-state index is 12.0. The topological polar surface area (TPSA) is 26.3 Å². The molecule has 2 heteroatoms. The first-order chi connectivity index (χ1) is 7.24. The molecule has 0 radical (unpaired) electrons. The molecule has 4 unspecified atom stereocenters. The highest BCUT2D eigenvalue weighted by atomic mass is 16.5. The molecule has 0 aromatic heterocycles. The molecule has 0 aromatic rings. The van der Waals surface area contributed by atoms with Crippen LogP contribution in [0.5, 0.6) is 0 Å². The fourth-order valence-electron chi connectivity index (χ4n) is 3.53. The molecule has 0 aromatic carbocycles. The van der Waals surface area contributed by atoms with Gasteiger partial charge in [0.05, 0.1) is 6.10 Å². The van der Waals surface area contributed by atoms with Gasteiger partial charge in [-0.2, -0.15) is 0 Å². The molecule has 3 aliphatic rings. The number of carbonyl (C=O) groups excluding carboxylic acids is 1. The van der Waals surface area contributed by atoms with Crippen molar-refractivity contribution in [2.75, 3.05) is 0 Å². The maximum atomic E-state index is 12.0. The van der Waals surface area contributed by atoms with Crippen LogP contribution >= 0.6 is 0 Å². The molecule has 4 atom stereocenters. The van der Waals surface area contributed by atoms with E-state index in [0.29, 0.717) is 11.8 Å². The highest BCUT2D eigenvalue weighted by molar-refractivity contribution is 5.99. The highest BCUT2D eigenvalue weighted by Crippen LogP contribution is 2.53. The summed E-state index contributed by atoms with van der Waals surface area (Å²) >= 11 is 0. The molecule has 2 nitrogen and oxygen atoms in total. The van der Waals surface area contributed by atoms with Crippen LogP contribution in [0.2, 0.25) is 0 Å². The molecule has 1 saturated carbocycles. The van der Waals surface area contributed by atoms with Gasteiger partial charge in [-0.3, -0.25) is 4.79 Å². The van der Waals surface area contributed by atoms with Crippen LogP contribution in [0.15, 0.2) is 24.8 Å². The Kier molecular flexibility index (Phi) is 1.90. The van der Waals surface area contributed by atoms with Crippen molar-refractivity contribution < 1.29 is 9.53 Å². The normalized spacial score (nSPS) is 46.9. The zero-order valence-corrected chi connectivity index (χ0v) is 8.82. The van der Waals surface area contributed by atoms with Crippen LogP contribution in [0.3, 0.4) is 0 Å². The van der Waals surface area contributed by atoms with Gasteiger partial charge >= 0.3 is 0 Å². The monoisotopic (exact) mass is 204 g/mol. The number of ether oxygens (including phenoxy) is 1. The third-order valence-electron chi connectivity index (χ3n) is 4.13. The Morgan fingerprint density at radius 1 is 1.60 bits per heavy atom. The smallest absolute Gasteiger partial charge is 0.187 e. The number of hydrogen-bond donors (Lipinski definition) is 0. The molecule has 15 heavy (non-hydrogen) atoms. The van der Waals surface area contributed by atoms with E-state index >= 15 is 0 Å². The van der Waals surface area contributed by atoms with Gasteiger partial charge in [-0.25, -0.2) is 0 Å². The second-order valence-corrected chi connectivity index (χ2v) is 5.03. The SMILES string of the molecule is C=CCC1CC2CC3C=CC(=O)C2(C1)O3. The fraction of sp³-hybridized carbons (Fsp3) is 0.615. The predicted octanol–water partition coefficient (Wildman–Crippen LogP) is 2.26. The Balaban J connectivity index is 1.89. The molecule has 1 saturated heterocycles. The van der Waals surface area contributed by atoms with Crippen molar-refractivity contribution in [3.8, 4) is 0 Å². The minimum Gasteiger partial charge on any atom is -0.359 e. The van der Waals surface area contributed by atoms with Crippen LogP contribution in [0.1, 0.15) is 25.7 Å². The minimum absolute atomic E-state index is 0.202. The summed E-state index contributed by atoms with van der Waals surface area (Å²) in [5.74, 6) is 1.26. The number of ketones is 1. The molecule has 1 spiro atoms. The van der Waals surface area contributed by atoms with Gasteiger partial charge in [0.15, 0.2) is 5.78 Å². The Bertz CT molecular complexity index is 344. The van der Waals surface area contributed by atoms with Crippen LogP contribution in [-0.4, -0.2) is 17.5 Å². The third kappa shape index (κ3) is 1.18. The maximum Gasteiger partial charge on any atom is 0.187 e. The van der Waals surface area contributed by atoms with Crippen molar-refractivity contribution in [3.63, 3.8) is 0 Å². The molecule has 1 aliphatic carbocycles. The zero-order valence-electron chi connectivity index (χ0n) is 8.82. The van der Waals surface area contributed by atoms with Crippen LogP contribution in [-0.2, 0) is 9.53 Å². The lowest BCUT2D eigenvalue weighted by molar-refractivity contribution is -0.140. The van der Waals surface area contributed by atoms with Gasteiger partial charge in [0.25, 0.3) is 0 Å². The molecule has 80 valence electrons. The summed E-state index contributed by atoms with van der Waals surface area (Å²) in [5.41, 5.74) is -0.437. The molecule has 2 aliphatic heterocycles. The van der Waals surface area contributed by atoms with Crippen molar-refractivity contribution in [1.29, 1.82) is 0 Å². The molecule has 0 N–H and O–H groups in total. The second kappa shape index (κ2) is 3.05. The van der Waals surface area contributed by atoms with Crippen LogP contribution < -0.4 is 0 Å². The van der Waals surface area contributed by atoms with E-state index in [9.17, 15) is 4.79 Å². The largest absolute Gasteiger partial charge is 0.359 e. The summed E-state index contributed by atoms with van der Waals surface area (Å²) < 4.78 is 5.93. The number of fused-ring (bicyclic) bond motifs is 1. The number of rotatable bonds is 2. The Hall–Kier alpha value is -0.890. The molecule has 0 amide bonds. The van der Waals surface area contributed by atoms with Crippen molar-refractivity contribution >= 4 is 5.78 Å². The number of allylic oxidation sites excluding steroid dienone is 1. The number of hydrogen-bond acceptors (Lipinski definition) is 2. The van der Waals surface area contributed by atoms with Gasteiger partial charge in [-0.15, -0.1) is 6.58 Å². The highest BCUT2D eigenvalue weighted by Gasteiger charge is 2.58. The van der Waals surface area contributed by atoms with Crippen molar-refractivity contribution in [2.45, 2.75) is 37.4 Å². The van der Waals surface area contributed by atoms with E-state index in [4.69, 9.17) is 4.74 Å². The molecule has 2 fully saturated rings. The molecular formula is C13H16O2. The molecular weight excluding hydrogens is 188 g/mol. The third-order valence-corrected chi connectivity index (χ3v) is 4.13. The lowest BCUT2D eigenvalue weighted by Gasteiger charge is -2.28. The second-order valence-electron chi connectivity index (χ2n) is 5.03. The van der Waals surface area contributed by atoms with Gasteiger partial charge in [-0.05, 0) is 43.6 Å². The van der Waals surface area contributed by atoms with E-state index < -0.39 is 5.60 Å². The van der Waals surface area contributed by atoms with Crippen molar-refractivity contribution in [1.82, 2.24) is 0 Å². The quantitative estimate of drug-likeness (QED) is 0.645. The molecule has 2 bridgehead atoms.